The summed E-state index contributed by atoms with van der Waals surface area (Å²) in [6, 6.07) is 0. The molecule has 66 heavy (non-hydrogen) atoms. The van der Waals surface area contributed by atoms with Crippen LogP contribution < -0.4 is 0 Å². The Morgan fingerprint density at radius 1 is 0.318 bits per heavy atom. The summed E-state index contributed by atoms with van der Waals surface area (Å²) in [7, 11) is 0. The van der Waals surface area contributed by atoms with Crippen molar-refractivity contribution in [2.45, 2.75) is 264 Å². The summed E-state index contributed by atoms with van der Waals surface area (Å²) in [5, 5.41) is 0. The molecular weight excluding hydrogens is 817 g/mol. The molecule has 0 radical (unpaired) electrons. The fourth-order valence-corrected chi connectivity index (χ4v) is 7.56. The lowest BCUT2D eigenvalue weighted by Crippen LogP contribution is -2.30. The van der Waals surface area contributed by atoms with Crippen molar-refractivity contribution in [2.75, 3.05) is 13.2 Å². The molecule has 6 nitrogen and oxygen atoms in total. The highest BCUT2D eigenvalue weighted by atomic mass is 16.6. The van der Waals surface area contributed by atoms with E-state index in [1.807, 2.05) is 0 Å². The standard InChI is InChI=1S/C60H102O6/c1-4-7-10-13-16-19-22-25-27-29-31-32-35-38-41-44-47-50-53-59(62)65-56-57(55-64-58(61)52-49-46-43-40-37-34-24-21-18-15-12-9-6-3)66-60(63)54-51-48-45-42-39-36-33-30-28-26-23-20-17-14-11-8-5-2/h9,12,15,18,21-22,24-29,31-32,57H,4-8,10-11,13-14,16-17,19-20,23,30,33-56H2,1-3H3/b12-9+,18-15+,24-21+,25-22+,28-26+,29-27+,32-31+. The maximum absolute atomic E-state index is 12.8. The number of ether oxygens (including phenoxy) is 3. The number of carbonyl (C=O) groups excluding carboxylic acids is 3. The molecule has 0 saturated heterocycles. The number of hydrogen-bond donors (Lipinski definition) is 0. The van der Waals surface area contributed by atoms with E-state index < -0.39 is 6.10 Å². The van der Waals surface area contributed by atoms with Crippen molar-refractivity contribution in [1.82, 2.24) is 0 Å². The summed E-state index contributed by atoms with van der Waals surface area (Å²) in [5.41, 5.74) is 0. The third-order valence-corrected chi connectivity index (χ3v) is 11.7. The van der Waals surface area contributed by atoms with E-state index >= 15 is 0 Å². The van der Waals surface area contributed by atoms with E-state index in [4.69, 9.17) is 14.2 Å². The van der Waals surface area contributed by atoms with Crippen LogP contribution in [-0.4, -0.2) is 37.2 Å². The van der Waals surface area contributed by atoms with Crippen molar-refractivity contribution >= 4 is 17.9 Å². The van der Waals surface area contributed by atoms with Gasteiger partial charge in [0.05, 0.1) is 0 Å². The lowest BCUT2D eigenvalue weighted by Gasteiger charge is -2.18. The fourth-order valence-electron chi connectivity index (χ4n) is 7.56. The van der Waals surface area contributed by atoms with Gasteiger partial charge in [0, 0.05) is 19.3 Å². The van der Waals surface area contributed by atoms with Crippen LogP contribution in [0.3, 0.4) is 0 Å². The zero-order chi connectivity index (χ0) is 47.9. The Bertz CT molecular complexity index is 1290. The van der Waals surface area contributed by atoms with E-state index in [0.29, 0.717) is 19.3 Å². The Morgan fingerprint density at radius 3 is 0.955 bits per heavy atom. The molecule has 378 valence electrons. The molecule has 0 aliphatic carbocycles. The molecule has 0 aromatic rings. The first kappa shape index (κ1) is 62.6. The predicted molar refractivity (Wildman–Crippen MR) is 284 cm³/mol. The predicted octanol–water partition coefficient (Wildman–Crippen LogP) is 18.4. The molecule has 1 atom stereocenters. The van der Waals surface area contributed by atoms with Crippen molar-refractivity contribution in [1.29, 1.82) is 0 Å². The largest absolute Gasteiger partial charge is 0.462 e. The number of hydrogen-bond acceptors (Lipinski definition) is 6. The van der Waals surface area contributed by atoms with E-state index in [2.05, 4.69) is 106 Å². The minimum Gasteiger partial charge on any atom is -0.462 e. The SMILES string of the molecule is CC/C=C/C=C/C=C/CCCCCCCC(=O)OCC(COC(=O)CCCCCCC/C=C/C=C/C=C/CCCCCCC)OC(=O)CCCCCCCCC/C=C/CCCCCCCC. The molecule has 0 amide bonds. The summed E-state index contributed by atoms with van der Waals surface area (Å²) >= 11 is 0. The van der Waals surface area contributed by atoms with Crippen LogP contribution in [0.15, 0.2) is 85.1 Å². The Labute approximate surface area is 407 Å². The number of carbonyl (C=O) groups is 3. The van der Waals surface area contributed by atoms with Gasteiger partial charge in [0.2, 0.25) is 0 Å². The van der Waals surface area contributed by atoms with Crippen molar-refractivity contribution < 1.29 is 28.6 Å². The summed E-state index contributed by atoms with van der Waals surface area (Å²) < 4.78 is 16.8. The quantitative estimate of drug-likeness (QED) is 0.0199. The monoisotopic (exact) mass is 919 g/mol. The third-order valence-electron chi connectivity index (χ3n) is 11.7. The van der Waals surface area contributed by atoms with E-state index in [9.17, 15) is 14.4 Å². The van der Waals surface area contributed by atoms with Crippen LogP contribution in [0.1, 0.15) is 258 Å². The highest BCUT2D eigenvalue weighted by Crippen LogP contribution is 2.14. The van der Waals surface area contributed by atoms with Crippen LogP contribution in [0.2, 0.25) is 0 Å². The first-order valence-corrected chi connectivity index (χ1v) is 27.7. The first-order valence-electron chi connectivity index (χ1n) is 27.7. The van der Waals surface area contributed by atoms with Gasteiger partial charge in [-0.15, -0.1) is 0 Å². The second kappa shape index (κ2) is 54.2. The molecule has 6 heteroatoms. The fraction of sp³-hybridized carbons (Fsp3) is 0.717. The number of esters is 3. The molecule has 0 aliphatic heterocycles. The highest BCUT2D eigenvalue weighted by Gasteiger charge is 2.19. The van der Waals surface area contributed by atoms with Crippen molar-refractivity contribution in [3.05, 3.63) is 85.1 Å². The van der Waals surface area contributed by atoms with Gasteiger partial charge in [0.15, 0.2) is 6.10 Å². The molecule has 0 heterocycles. The smallest absolute Gasteiger partial charge is 0.306 e. The van der Waals surface area contributed by atoms with Crippen LogP contribution in [-0.2, 0) is 28.6 Å². The zero-order valence-electron chi connectivity index (χ0n) is 43.2. The van der Waals surface area contributed by atoms with Gasteiger partial charge in [-0.1, -0.05) is 234 Å². The molecule has 1 unspecified atom stereocenters. The number of allylic oxidation sites excluding steroid dienone is 14. The maximum Gasteiger partial charge on any atom is 0.306 e. The van der Waals surface area contributed by atoms with Crippen LogP contribution in [0.25, 0.3) is 0 Å². The molecule has 0 spiro atoms. The van der Waals surface area contributed by atoms with Crippen LogP contribution >= 0.6 is 0 Å². The molecule has 0 rings (SSSR count). The first-order chi connectivity index (χ1) is 32.5. The van der Waals surface area contributed by atoms with Gasteiger partial charge in [0.1, 0.15) is 13.2 Å². The van der Waals surface area contributed by atoms with Crippen molar-refractivity contribution in [3.8, 4) is 0 Å². The van der Waals surface area contributed by atoms with Gasteiger partial charge >= 0.3 is 17.9 Å². The molecule has 0 bridgehead atoms. The molecule has 0 fully saturated rings. The topological polar surface area (TPSA) is 78.9 Å². The van der Waals surface area contributed by atoms with Crippen LogP contribution in [0, 0.1) is 0 Å². The van der Waals surface area contributed by atoms with Crippen molar-refractivity contribution in [2.24, 2.45) is 0 Å². The van der Waals surface area contributed by atoms with Gasteiger partial charge in [-0.05, 0) is 89.9 Å². The van der Waals surface area contributed by atoms with Crippen molar-refractivity contribution in [3.63, 3.8) is 0 Å². The third kappa shape index (κ3) is 51.6. The molecule has 0 aromatic heterocycles. The molecule has 0 saturated carbocycles. The lowest BCUT2D eigenvalue weighted by molar-refractivity contribution is -0.167. The Hall–Kier alpha value is -3.41. The minimum absolute atomic E-state index is 0.0958. The highest BCUT2D eigenvalue weighted by molar-refractivity contribution is 5.71. The average Bonchev–Trinajstić information content (AvgIpc) is 3.31. The van der Waals surface area contributed by atoms with E-state index in [-0.39, 0.29) is 31.1 Å². The van der Waals surface area contributed by atoms with Crippen LogP contribution in [0.4, 0.5) is 0 Å². The Kier molecular flexibility index (Phi) is 51.4. The van der Waals surface area contributed by atoms with Gasteiger partial charge < -0.3 is 14.2 Å². The second-order valence-electron chi connectivity index (χ2n) is 18.2. The number of unbranched alkanes of at least 4 members (excludes halogenated alkanes) is 28. The summed E-state index contributed by atoms with van der Waals surface area (Å²) in [6.45, 7) is 6.45. The van der Waals surface area contributed by atoms with Gasteiger partial charge in [0.25, 0.3) is 0 Å². The molecule has 0 N–H and O–H groups in total. The molecule has 0 aliphatic rings. The lowest BCUT2D eigenvalue weighted by atomic mass is 10.1. The Morgan fingerprint density at radius 2 is 0.606 bits per heavy atom. The molecular formula is C60H102O6. The summed E-state index contributed by atoms with van der Waals surface area (Å²) in [6.07, 6.45) is 69.9. The summed E-state index contributed by atoms with van der Waals surface area (Å²) in [5.74, 6) is -0.936. The average molecular weight is 919 g/mol. The Balaban J connectivity index is 4.44. The van der Waals surface area contributed by atoms with Gasteiger partial charge in [-0.2, -0.15) is 0 Å². The number of rotatable bonds is 49. The van der Waals surface area contributed by atoms with E-state index in [1.54, 1.807) is 0 Å². The molecule has 0 aromatic carbocycles. The maximum atomic E-state index is 12.8. The van der Waals surface area contributed by atoms with E-state index in [1.165, 1.54) is 109 Å². The zero-order valence-corrected chi connectivity index (χ0v) is 43.2. The van der Waals surface area contributed by atoms with E-state index in [0.717, 1.165) is 109 Å². The normalized spacial score (nSPS) is 12.7. The van der Waals surface area contributed by atoms with Gasteiger partial charge in [-0.25, -0.2) is 0 Å². The minimum atomic E-state index is -0.796. The van der Waals surface area contributed by atoms with Crippen LogP contribution in [0.5, 0.6) is 0 Å². The summed E-state index contributed by atoms with van der Waals surface area (Å²) in [4.78, 5) is 38.1. The van der Waals surface area contributed by atoms with Gasteiger partial charge in [-0.3, -0.25) is 14.4 Å². The second-order valence-corrected chi connectivity index (χ2v) is 18.2.